The van der Waals surface area contributed by atoms with Crippen LogP contribution in [0.25, 0.3) is 0 Å². The Hall–Kier alpha value is -0.290. The zero-order chi connectivity index (χ0) is 9.94. The van der Waals surface area contributed by atoms with Crippen molar-refractivity contribution in [1.82, 2.24) is 0 Å². The van der Waals surface area contributed by atoms with Crippen molar-refractivity contribution in [2.75, 3.05) is 0 Å². The lowest BCUT2D eigenvalue weighted by atomic mass is 9.97. The standard InChI is InChI=1S/C7H13F3O2/c1-4(5(2)11)6(12)3-7(8,9)10/h4-6,11-12H,3H2,1-2H3. The summed E-state index contributed by atoms with van der Waals surface area (Å²) in [5, 5.41) is 17.8. The van der Waals surface area contributed by atoms with Gasteiger partial charge in [0.2, 0.25) is 0 Å². The Balaban J connectivity index is 3.95. The van der Waals surface area contributed by atoms with E-state index in [-0.39, 0.29) is 0 Å². The van der Waals surface area contributed by atoms with Gasteiger partial charge in [0.05, 0.1) is 18.6 Å². The Bertz CT molecular complexity index is 133. The summed E-state index contributed by atoms with van der Waals surface area (Å²) in [4.78, 5) is 0. The molecular weight excluding hydrogens is 173 g/mol. The molecule has 2 N–H and O–H groups in total. The van der Waals surface area contributed by atoms with Crippen LogP contribution in [-0.2, 0) is 0 Å². The Morgan fingerprint density at radius 2 is 1.58 bits per heavy atom. The maximum atomic E-state index is 11.7. The predicted molar refractivity (Wildman–Crippen MR) is 37.5 cm³/mol. The summed E-state index contributed by atoms with van der Waals surface area (Å²) in [5.41, 5.74) is 0. The van der Waals surface area contributed by atoms with Crippen molar-refractivity contribution >= 4 is 0 Å². The third-order valence-electron chi connectivity index (χ3n) is 1.81. The van der Waals surface area contributed by atoms with Crippen LogP contribution in [0.3, 0.4) is 0 Å². The van der Waals surface area contributed by atoms with E-state index in [2.05, 4.69) is 0 Å². The topological polar surface area (TPSA) is 40.5 Å². The van der Waals surface area contributed by atoms with Gasteiger partial charge in [-0.3, -0.25) is 0 Å². The molecule has 0 aromatic heterocycles. The molecule has 74 valence electrons. The third-order valence-corrected chi connectivity index (χ3v) is 1.81. The van der Waals surface area contributed by atoms with E-state index in [0.717, 1.165) is 0 Å². The second kappa shape index (κ2) is 4.09. The quantitative estimate of drug-likeness (QED) is 0.697. The van der Waals surface area contributed by atoms with E-state index in [4.69, 9.17) is 10.2 Å². The zero-order valence-corrected chi connectivity index (χ0v) is 6.97. The Morgan fingerprint density at radius 1 is 1.17 bits per heavy atom. The van der Waals surface area contributed by atoms with E-state index in [1.54, 1.807) is 0 Å². The number of aliphatic hydroxyl groups excluding tert-OH is 2. The molecule has 0 rings (SSSR count). The zero-order valence-electron chi connectivity index (χ0n) is 6.97. The molecule has 5 heteroatoms. The van der Waals surface area contributed by atoms with Gasteiger partial charge in [-0.1, -0.05) is 6.92 Å². The SMILES string of the molecule is CC(O)C(C)C(O)CC(F)(F)F. The molecule has 0 amide bonds. The molecule has 0 aliphatic heterocycles. The second-order valence-corrected chi connectivity index (χ2v) is 2.99. The second-order valence-electron chi connectivity index (χ2n) is 2.99. The van der Waals surface area contributed by atoms with Crippen LogP contribution in [0.15, 0.2) is 0 Å². The lowest BCUT2D eigenvalue weighted by molar-refractivity contribution is -0.162. The highest BCUT2D eigenvalue weighted by atomic mass is 19.4. The molecule has 0 spiro atoms. The fourth-order valence-electron chi connectivity index (χ4n) is 0.745. The molecule has 0 aliphatic rings. The number of hydrogen-bond donors (Lipinski definition) is 2. The first-order valence-corrected chi connectivity index (χ1v) is 3.67. The van der Waals surface area contributed by atoms with Gasteiger partial charge in [0, 0.05) is 5.92 Å². The van der Waals surface area contributed by atoms with Crippen molar-refractivity contribution in [3.63, 3.8) is 0 Å². The van der Waals surface area contributed by atoms with Crippen LogP contribution in [0, 0.1) is 5.92 Å². The lowest BCUT2D eigenvalue weighted by Crippen LogP contribution is -2.31. The van der Waals surface area contributed by atoms with Crippen molar-refractivity contribution in [2.45, 2.75) is 38.7 Å². The molecule has 0 aromatic carbocycles. The van der Waals surface area contributed by atoms with Gasteiger partial charge in [-0.2, -0.15) is 13.2 Å². The van der Waals surface area contributed by atoms with Gasteiger partial charge < -0.3 is 10.2 Å². The molecule has 2 nitrogen and oxygen atoms in total. The molecule has 0 saturated heterocycles. The van der Waals surface area contributed by atoms with Gasteiger partial charge in [0.1, 0.15) is 0 Å². The van der Waals surface area contributed by atoms with Crippen molar-refractivity contribution in [3.8, 4) is 0 Å². The summed E-state index contributed by atoms with van der Waals surface area (Å²) < 4.78 is 35.1. The third kappa shape index (κ3) is 4.56. The molecule has 3 unspecified atom stereocenters. The summed E-state index contributed by atoms with van der Waals surface area (Å²) in [7, 11) is 0. The molecule has 0 radical (unpaired) electrons. The smallest absolute Gasteiger partial charge is 0.391 e. The molecule has 3 atom stereocenters. The number of alkyl halides is 3. The largest absolute Gasteiger partial charge is 0.393 e. The van der Waals surface area contributed by atoms with E-state index in [1.165, 1.54) is 13.8 Å². The molecule has 0 bridgehead atoms. The molecule has 0 fully saturated rings. The first-order chi connectivity index (χ1) is 5.24. The van der Waals surface area contributed by atoms with E-state index in [1.807, 2.05) is 0 Å². The van der Waals surface area contributed by atoms with Crippen LogP contribution in [0.1, 0.15) is 20.3 Å². The predicted octanol–water partition coefficient (Wildman–Crippen LogP) is 1.32. The van der Waals surface area contributed by atoms with E-state index in [9.17, 15) is 13.2 Å². The Kier molecular flexibility index (Phi) is 3.99. The Labute approximate surface area is 69.0 Å². The van der Waals surface area contributed by atoms with Crippen LogP contribution in [0.2, 0.25) is 0 Å². The monoisotopic (exact) mass is 186 g/mol. The van der Waals surface area contributed by atoms with Gasteiger partial charge in [0.25, 0.3) is 0 Å². The average molecular weight is 186 g/mol. The summed E-state index contributed by atoms with van der Waals surface area (Å²) in [6, 6.07) is 0. The van der Waals surface area contributed by atoms with Gasteiger partial charge in [-0.05, 0) is 6.92 Å². The molecule has 0 saturated carbocycles. The van der Waals surface area contributed by atoms with Crippen molar-refractivity contribution < 1.29 is 23.4 Å². The average Bonchev–Trinajstić information content (AvgIpc) is 1.82. The molecule has 0 heterocycles. The van der Waals surface area contributed by atoms with Crippen molar-refractivity contribution in [3.05, 3.63) is 0 Å². The van der Waals surface area contributed by atoms with E-state index < -0.39 is 30.7 Å². The van der Waals surface area contributed by atoms with Crippen LogP contribution < -0.4 is 0 Å². The van der Waals surface area contributed by atoms with Crippen LogP contribution in [-0.4, -0.2) is 28.6 Å². The summed E-state index contributed by atoms with van der Waals surface area (Å²) in [6.07, 6.45) is -8.09. The van der Waals surface area contributed by atoms with Crippen LogP contribution in [0.4, 0.5) is 13.2 Å². The number of aliphatic hydroxyl groups is 2. The van der Waals surface area contributed by atoms with Gasteiger partial charge >= 0.3 is 6.18 Å². The lowest BCUT2D eigenvalue weighted by Gasteiger charge is -2.22. The van der Waals surface area contributed by atoms with Crippen molar-refractivity contribution in [2.24, 2.45) is 5.92 Å². The molecule has 0 aliphatic carbocycles. The van der Waals surface area contributed by atoms with Crippen molar-refractivity contribution in [1.29, 1.82) is 0 Å². The minimum Gasteiger partial charge on any atom is -0.393 e. The summed E-state index contributed by atoms with van der Waals surface area (Å²) in [6.45, 7) is 2.73. The molecule has 0 aromatic rings. The number of hydrogen-bond acceptors (Lipinski definition) is 2. The fraction of sp³-hybridized carbons (Fsp3) is 1.00. The molecule has 12 heavy (non-hydrogen) atoms. The van der Waals surface area contributed by atoms with E-state index >= 15 is 0 Å². The Morgan fingerprint density at radius 3 is 1.83 bits per heavy atom. The highest BCUT2D eigenvalue weighted by molar-refractivity contribution is 4.71. The fourth-order valence-corrected chi connectivity index (χ4v) is 0.745. The normalized spacial score (nSPS) is 20.2. The van der Waals surface area contributed by atoms with Gasteiger partial charge in [-0.25, -0.2) is 0 Å². The number of halogens is 3. The maximum absolute atomic E-state index is 11.7. The minimum atomic E-state index is -4.37. The summed E-state index contributed by atoms with van der Waals surface area (Å²) in [5.74, 6) is -0.758. The number of rotatable bonds is 3. The maximum Gasteiger partial charge on any atom is 0.391 e. The van der Waals surface area contributed by atoms with Gasteiger partial charge in [-0.15, -0.1) is 0 Å². The summed E-state index contributed by atoms with van der Waals surface area (Å²) >= 11 is 0. The first-order valence-electron chi connectivity index (χ1n) is 3.67. The van der Waals surface area contributed by atoms with Gasteiger partial charge in [0.15, 0.2) is 0 Å². The van der Waals surface area contributed by atoms with Crippen LogP contribution >= 0.6 is 0 Å². The highest BCUT2D eigenvalue weighted by Crippen LogP contribution is 2.25. The van der Waals surface area contributed by atoms with E-state index in [0.29, 0.717) is 0 Å². The minimum absolute atomic E-state index is 0.758. The molecular formula is C7H13F3O2. The highest BCUT2D eigenvalue weighted by Gasteiger charge is 2.34. The first kappa shape index (κ1) is 11.7. The van der Waals surface area contributed by atoms with Crippen LogP contribution in [0.5, 0.6) is 0 Å².